The number of hydrogen-bond donors (Lipinski definition) is 3. The summed E-state index contributed by atoms with van der Waals surface area (Å²) < 4.78 is 4.85. The molecule has 0 saturated carbocycles. The number of esters is 1. The van der Waals surface area contributed by atoms with E-state index in [-0.39, 0.29) is 12.2 Å². The summed E-state index contributed by atoms with van der Waals surface area (Å²) in [6, 6.07) is 15.2. The first-order valence-electron chi connectivity index (χ1n) is 8.72. The summed E-state index contributed by atoms with van der Waals surface area (Å²) in [4.78, 5) is 11.7. The first-order valence-corrected chi connectivity index (χ1v) is 9.13. The van der Waals surface area contributed by atoms with Gasteiger partial charge in [-0.25, -0.2) is 4.79 Å². The summed E-state index contributed by atoms with van der Waals surface area (Å²) in [6.45, 7) is 5.91. The zero-order valence-corrected chi connectivity index (χ0v) is 16.8. The van der Waals surface area contributed by atoms with Crippen LogP contribution < -0.4 is 16.0 Å². The molecule has 0 radical (unpaired) electrons. The fourth-order valence-electron chi connectivity index (χ4n) is 2.36. The Hall–Kier alpha value is -3.37. The highest BCUT2D eigenvalue weighted by Crippen LogP contribution is 2.22. The van der Waals surface area contributed by atoms with Crippen LogP contribution in [0.3, 0.4) is 0 Å². The monoisotopic (exact) mass is 394 g/mol. The molecule has 0 aliphatic heterocycles. The molecule has 2 aromatic rings. The van der Waals surface area contributed by atoms with Crippen molar-refractivity contribution in [1.29, 1.82) is 5.26 Å². The Kier molecular flexibility index (Phi) is 7.55. The maximum absolute atomic E-state index is 11.7. The van der Waals surface area contributed by atoms with Crippen LogP contribution in [0.2, 0.25) is 0 Å². The number of benzene rings is 2. The summed E-state index contributed by atoms with van der Waals surface area (Å²) in [7, 11) is 0. The zero-order chi connectivity index (χ0) is 20.5. The molecule has 0 aliphatic rings. The average Bonchev–Trinajstić information content (AvgIpc) is 2.66. The van der Waals surface area contributed by atoms with Gasteiger partial charge in [0.25, 0.3) is 0 Å². The van der Waals surface area contributed by atoms with E-state index in [0.717, 1.165) is 16.8 Å². The molecule has 2 aromatic carbocycles. The lowest BCUT2D eigenvalue weighted by atomic mass is 10.1. The second kappa shape index (κ2) is 10.1. The minimum absolute atomic E-state index is 0.118. The lowest BCUT2D eigenvalue weighted by molar-refractivity contribution is -0.138. The molecule has 28 heavy (non-hydrogen) atoms. The molecule has 0 saturated heterocycles. The normalized spacial score (nSPS) is 10.6. The molecule has 0 bridgehead atoms. The second-order valence-electron chi connectivity index (χ2n) is 5.98. The highest BCUT2D eigenvalue weighted by atomic mass is 32.1. The highest BCUT2D eigenvalue weighted by molar-refractivity contribution is 7.80. The van der Waals surface area contributed by atoms with E-state index in [4.69, 9.17) is 22.2 Å². The summed E-state index contributed by atoms with van der Waals surface area (Å²) in [5.41, 5.74) is 4.38. The molecule has 6 nitrogen and oxygen atoms in total. The van der Waals surface area contributed by atoms with Crippen LogP contribution in [0.15, 0.2) is 54.2 Å². The molecular formula is C21H22N4O2S. The lowest BCUT2D eigenvalue weighted by Crippen LogP contribution is -2.20. The molecule has 0 aliphatic carbocycles. The summed E-state index contributed by atoms with van der Waals surface area (Å²) >= 11 is 5.42. The van der Waals surface area contributed by atoms with E-state index < -0.39 is 5.97 Å². The number of carbonyl (C=O) groups is 1. The number of aryl methyl sites for hydroxylation is 2. The topological polar surface area (TPSA) is 86.2 Å². The Morgan fingerprint density at radius 1 is 1.14 bits per heavy atom. The molecule has 144 valence electrons. The van der Waals surface area contributed by atoms with Crippen LogP contribution in [0, 0.1) is 25.2 Å². The molecule has 2 rings (SSSR count). The van der Waals surface area contributed by atoms with E-state index in [1.54, 1.807) is 13.0 Å². The number of hydrogen-bond acceptors (Lipinski definition) is 5. The van der Waals surface area contributed by atoms with Crippen molar-refractivity contribution in [3.05, 3.63) is 65.4 Å². The number of nitriles is 1. The van der Waals surface area contributed by atoms with E-state index >= 15 is 0 Å². The minimum atomic E-state index is -0.671. The minimum Gasteiger partial charge on any atom is -0.462 e. The van der Waals surface area contributed by atoms with Gasteiger partial charge in [0.1, 0.15) is 6.07 Å². The first-order chi connectivity index (χ1) is 13.4. The van der Waals surface area contributed by atoms with Gasteiger partial charge in [0, 0.05) is 11.9 Å². The van der Waals surface area contributed by atoms with E-state index in [1.807, 2.05) is 56.3 Å². The third-order valence-corrected chi connectivity index (χ3v) is 4.01. The second-order valence-corrected chi connectivity index (χ2v) is 6.39. The van der Waals surface area contributed by atoms with Crippen molar-refractivity contribution in [3.63, 3.8) is 0 Å². The molecular weight excluding hydrogens is 372 g/mol. The van der Waals surface area contributed by atoms with Crippen molar-refractivity contribution in [1.82, 2.24) is 0 Å². The van der Waals surface area contributed by atoms with Gasteiger partial charge in [-0.05, 0) is 62.3 Å². The van der Waals surface area contributed by atoms with Crippen molar-refractivity contribution in [2.45, 2.75) is 20.8 Å². The number of nitrogens with one attached hydrogen (secondary N) is 3. The maximum atomic E-state index is 11.7. The molecule has 0 unspecified atom stereocenters. The van der Waals surface area contributed by atoms with Crippen LogP contribution in [0.4, 0.5) is 17.1 Å². The number of anilines is 3. The van der Waals surface area contributed by atoms with E-state index in [2.05, 4.69) is 16.0 Å². The van der Waals surface area contributed by atoms with E-state index in [0.29, 0.717) is 16.5 Å². The number of nitrogens with zero attached hydrogens (tertiary/aromatic N) is 1. The van der Waals surface area contributed by atoms with Crippen LogP contribution in [0.25, 0.3) is 0 Å². The Bertz CT molecular complexity index is 948. The smallest absolute Gasteiger partial charge is 0.350 e. The van der Waals surface area contributed by atoms with Crippen molar-refractivity contribution >= 4 is 40.4 Å². The van der Waals surface area contributed by atoms with Gasteiger partial charge in [0.15, 0.2) is 10.7 Å². The fraction of sp³-hybridized carbons (Fsp3) is 0.190. The molecule has 3 N–H and O–H groups in total. The standard InChI is InChI=1S/C21H22N4O2S/c1-4-27-20(26)16(12-22)13-23-17-7-5-6-8-18(17)24-21(28)25-19-11-14(2)9-10-15(19)3/h5-11,13,23H,4H2,1-3H3,(H2,24,25,28)/b16-13+. The van der Waals surface area contributed by atoms with Gasteiger partial charge in [-0.3, -0.25) is 0 Å². The van der Waals surface area contributed by atoms with E-state index in [9.17, 15) is 4.79 Å². The first kappa shape index (κ1) is 20.9. The number of carbonyl (C=O) groups excluding carboxylic acids is 1. The molecule has 0 heterocycles. The number of ether oxygens (including phenoxy) is 1. The van der Waals surface area contributed by atoms with Crippen LogP contribution in [0.5, 0.6) is 0 Å². The number of thiocarbonyl (C=S) groups is 1. The van der Waals surface area contributed by atoms with Gasteiger partial charge in [-0.2, -0.15) is 5.26 Å². The molecule has 0 fully saturated rings. The van der Waals surface area contributed by atoms with Crippen molar-refractivity contribution in [3.8, 4) is 6.07 Å². The van der Waals surface area contributed by atoms with Crippen molar-refractivity contribution in [2.24, 2.45) is 0 Å². The highest BCUT2D eigenvalue weighted by Gasteiger charge is 2.10. The molecule has 0 atom stereocenters. The van der Waals surface area contributed by atoms with Gasteiger partial charge in [0.2, 0.25) is 0 Å². The predicted octanol–water partition coefficient (Wildman–Crippen LogP) is 4.49. The summed E-state index contributed by atoms with van der Waals surface area (Å²) in [5, 5.41) is 18.8. The lowest BCUT2D eigenvalue weighted by Gasteiger charge is -2.15. The van der Waals surface area contributed by atoms with Crippen LogP contribution in [-0.4, -0.2) is 17.7 Å². The SMILES string of the molecule is CCOC(=O)/C(C#N)=C/Nc1ccccc1NC(=S)Nc1cc(C)ccc1C. The molecule has 0 amide bonds. The zero-order valence-electron chi connectivity index (χ0n) is 16.0. The van der Waals surface area contributed by atoms with Crippen molar-refractivity contribution < 1.29 is 9.53 Å². The Balaban J connectivity index is 2.13. The van der Waals surface area contributed by atoms with Gasteiger partial charge < -0.3 is 20.7 Å². The van der Waals surface area contributed by atoms with Gasteiger partial charge in [-0.15, -0.1) is 0 Å². The maximum Gasteiger partial charge on any atom is 0.350 e. The largest absolute Gasteiger partial charge is 0.462 e. The predicted molar refractivity (Wildman–Crippen MR) is 116 cm³/mol. The Morgan fingerprint density at radius 3 is 2.50 bits per heavy atom. The Morgan fingerprint density at radius 2 is 1.82 bits per heavy atom. The molecule has 0 aromatic heterocycles. The average molecular weight is 395 g/mol. The van der Waals surface area contributed by atoms with Crippen LogP contribution in [0.1, 0.15) is 18.1 Å². The van der Waals surface area contributed by atoms with Gasteiger partial charge >= 0.3 is 5.97 Å². The summed E-state index contributed by atoms with van der Waals surface area (Å²) in [6.07, 6.45) is 1.32. The van der Waals surface area contributed by atoms with Gasteiger partial charge in [0.05, 0.1) is 18.0 Å². The quantitative estimate of drug-likeness (QED) is 0.288. The number of para-hydroxylation sites is 2. The number of rotatable bonds is 6. The third-order valence-electron chi connectivity index (χ3n) is 3.80. The third kappa shape index (κ3) is 5.83. The molecule has 0 spiro atoms. The summed E-state index contributed by atoms with van der Waals surface area (Å²) in [5.74, 6) is -0.671. The van der Waals surface area contributed by atoms with Crippen LogP contribution in [-0.2, 0) is 9.53 Å². The fourth-order valence-corrected chi connectivity index (χ4v) is 2.58. The van der Waals surface area contributed by atoms with Crippen molar-refractivity contribution in [2.75, 3.05) is 22.6 Å². The Labute approximate surface area is 170 Å². The molecule has 7 heteroatoms. The van der Waals surface area contributed by atoms with Gasteiger partial charge in [-0.1, -0.05) is 24.3 Å². The van der Waals surface area contributed by atoms with Crippen LogP contribution >= 0.6 is 12.2 Å². The van der Waals surface area contributed by atoms with E-state index in [1.165, 1.54) is 6.20 Å².